The van der Waals surface area contributed by atoms with E-state index in [4.69, 9.17) is 0 Å². The second-order valence-electron chi connectivity index (χ2n) is 4.09. The quantitative estimate of drug-likeness (QED) is 0.858. The normalized spacial score (nSPS) is 10.5. The zero-order valence-electron chi connectivity index (χ0n) is 10.3. The summed E-state index contributed by atoms with van der Waals surface area (Å²) in [6.45, 7) is 5.89. The van der Waals surface area contributed by atoms with Crippen molar-refractivity contribution in [1.29, 1.82) is 0 Å². The van der Waals surface area contributed by atoms with E-state index in [0.717, 1.165) is 30.9 Å². The van der Waals surface area contributed by atoms with E-state index in [0.29, 0.717) is 0 Å². The Morgan fingerprint density at radius 2 is 2.18 bits per heavy atom. The molecule has 0 unspecified atom stereocenters. The zero-order chi connectivity index (χ0) is 12.1. The molecule has 2 rings (SSSR count). The minimum atomic E-state index is 0.782. The van der Waals surface area contributed by atoms with Crippen molar-refractivity contribution in [3.63, 3.8) is 0 Å². The van der Waals surface area contributed by atoms with Crippen LogP contribution in [0, 0.1) is 6.92 Å². The Morgan fingerprint density at radius 1 is 1.29 bits per heavy atom. The zero-order valence-corrected chi connectivity index (χ0v) is 10.3. The van der Waals surface area contributed by atoms with Gasteiger partial charge in [-0.2, -0.15) is 5.10 Å². The molecule has 0 atom stereocenters. The minimum absolute atomic E-state index is 0.782. The van der Waals surface area contributed by atoms with Gasteiger partial charge in [0.2, 0.25) is 0 Å². The van der Waals surface area contributed by atoms with Gasteiger partial charge in [0.15, 0.2) is 0 Å². The van der Waals surface area contributed by atoms with Gasteiger partial charge in [-0.25, -0.2) is 0 Å². The molecule has 2 aromatic rings. The number of pyridine rings is 1. The molecule has 0 fully saturated rings. The Bertz CT molecular complexity index is 459. The van der Waals surface area contributed by atoms with Crippen molar-refractivity contribution in [2.45, 2.75) is 33.4 Å². The molecule has 0 aromatic carbocycles. The first kappa shape index (κ1) is 11.6. The third-order valence-electron chi connectivity index (χ3n) is 2.62. The lowest BCUT2D eigenvalue weighted by atomic mass is 10.3. The average Bonchev–Trinajstić information content (AvgIpc) is 2.77. The molecule has 0 aliphatic heterocycles. The number of hydrogen-bond donors (Lipinski definition) is 1. The van der Waals surface area contributed by atoms with E-state index in [9.17, 15) is 0 Å². The van der Waals surface area contributed by atoms with Gasteiger partial charge in [0, 0.05) is 18.4 Å². The van der Waals surface area contributed by atoms with Crippen LogP contribution in [0.15, 0.2) is 30.6 Å². The smallest absolute Gasteiger partial charge is 0.0575 e. The summed E-state index contributed by atoms with van der Waals surface area (Å²) in [7, 11) is 0. The molecule has 0 saturated heterocycles. The predicted molar refractivity (Wildman–Crippen MR) is 68.8 cm³/mol. The van der Waals surface area contributed by atoms with Gasteiger partial charge in [0.05, 0.1) is 24.1 Å². The fraction of sp³-hybridized carbons (Fsp3) is 0.385. The predicted octanol–water partition coefficient (Wildman–Crippen LogP) is 2.61. The highest BCUT2D eigenvalue weighted by molar-refractivity contribution is 5.41. The molecule has 0 radical (unpaired) electrons. The number of hydrogen-bond acceptors (Lipinski definition) is 3. The van der Waals surface area contributed by atoms with Gasteiger partial charge >= 0.3 is 0 Å². The molecule has 0 saturated carbocycles. The highest BCUT2D eigenvalue weighted by atomic mass is 15.3. The van der Waals surface area contributed by atoms with Crippen LogP contribution in [0.25, 0.3) is 0 Å². The molecule has 90 valence electrons. The molecule has 4 nitrogen and oxygen atoms in total. The van der Waals surface area contributed by atoms with Gasteiger partial charge < -0.3 is 5.32 Å². The van der Waals surface area contributed by atoms with E-state index >= 15 is 0 Å². The van der Waals surface area contributed by atoms with E-state index in [1.165, 1.54) is 5.69 Å². The SMILES string of the molecule is CCCn1nccc1CNc1ccc(C)nc1. The summed E-state index contributed by atoms with van der Waals surface area (Å²) in [6, 6.07) is 6.10. The molecule has 0 aliphatic carbocycles. The van der Waals surface area contributed by atoms with E-state index in [-0.39, 0.29) is 0 Å². The molecule has 4 heteroatoms. The number of anilines is 1. The van der Waals surface area contributed by atoms with E-state index in [1.807, 2.05) is 42.2 Å². The number of rotatable bonds is 5. The molecular formula is C13H18N4. The molecule has 0 spiro atoms. The Labute approximate surface area is 102 Å². The van der Waals surface area contributed by atoms with Crippen molar-refractivity contribution in [3.05, 3.63) is 42.0 Å². The Balaban J connectivity index is 1.97. The van der Waals surface area contributed by atoms with Crippen molar-refractivity contribution in [2.75, 3.05) is 5.32 Å². The standard InChI is InChI=1S/C13H18N4/c1-3-8-17-13(6-7-16-17)10-15-12-5-4-11(2)14-9-12/h4-7,9,15H,3,8,10H2,1-2H3. The van der Waals surface area contributed by atoms with Crippen molar-refractivity contribution < 1.29 is 0 Å². The lowest BCUT2D eigenvalue weighted by molar-refractivity contribution is 0.578. The number of aryl methyl sites for hydroxylation is 2. The molecule has 17 heavy (non-hydrogen) atoms. The summed E-state index contributed by atoms with van der Waals surface area (Å²) in [5, 5.41) is 7.64. The van der Waals surface area contributed by atoms with Crippen LogP contribution in [0.1, 0.15) is 24.7 Å². The first-order valence-electron chi connectivity index (χ1n) is 5.97. The van der Waals surface area contributed by atoms with Crippen LogP contribution in [0.3, 0.4) is 0 Å². The van der Waals surface area contributed by atoms with E-state index < -0.39 is 0 Å². The van der Waals surface area contributed by atoms with Crippen LogP contribution >= 0.6 is 0 Å². The monoisotopic (exact) mass is 230 g/mol. The van der Waals surface area contributed by atoms with E-state index in [2.05, 4.69) is 22.3 Å². The third-order valence-corrected chi connectivity index (χ3v) is 2.62. The third kappa shape index (κ3) is 3.06. The maximum atomic E-state index is 4.29. The number of aromatic nitrogens is 3. The summed E-state index contributed by atoms with van der Waals surface area (Å²) < 4.78 is 2.04. The summed E-state index contributed by atoms with van der Waals surface area (Å²) in [6.07, 6.45) is 4.80. The lowest BCUT2D eigenvalue weighted by Gasteiger charge is -2.08. The Kier molecular flexibility index (Phi) is 3.75. The van der Waals surface area contributed by atoms with E-state index in [1.54, 1.807) is 0 Å². The van der Waals surface area contributed by atoms with Gasteiger partial charge in [0.1, 0.15) is 0 Å². The second kappa shape index (κ2) is 5.48. The number of nitrogens with zero attached hydrogens (tertiary/aromatic N) is 3. The van der Waals surface area contributed by atoms with Crippen LogP contribution in [0.2, 0.25) is 0 Å². The van der Waals surface area contributed by atoms with Crippen LogP contribution in [-0.2, 0) is 13.1 Å². The number of nitrogens with one attached hydrogen (secondary N) is 1. The fourth-order valence-corrected chi connectivity index (χ4v) is 1.69. The minimum Gasteiger partial charge on any atom is -0.378 e. The Hall–Kier alpha value is -1.84. The maximum Gasteiger partial charge on any atom is 0.0575 e. The first-order valence-corrected chi connectivity index (χ1v) is 5.97. The van der Waals surface area contributed by atoms with Crippen LogP contribution in [-0.4, -0.2) is 14.8 Å². The molecule has 0 amide bonds. The lowest BCUT2D eigenvalue weighted by Crippen LogP contribution is -2.09. The van der Waals surface area contributed by atoms with Gasteiger partial charge in [-0.15, -0.1) is 0 Å². The largest absolute Gasteiger partial charge is 0.378 e. The topological polar surface area (TPSA) is 42.7 Å². The van der Waals surface area contributed by atoms with Crippen LogP contribution in [0.5, 0.6) is 0 Å². The second-order valence-corrected chi connectivity index (χ2v) is 4.09. The van der Waals surface area contributed by atoms with Crippen molar-refractivity contribution in [1.82, 2.24) is 14.8 Å². The van der Waals surface area contributed by atoms with Gasteiger partial charge in [-0.3, -0.25) is 9.67 Å². The summed E-state index contributed by atoms with van der Waals surface area (Å²) >= 11 is 0. The average molecular weight is 230 g/mol. The molecule has 0 aliphatic rings. The molecule has 2 heterocycles. The van der Waals surface area contributed by atoms with Crippen molar-refractivity contribution in [3.8, 4) is 0 Å². The van der Waals surface area contributed by atoms with Crippen molar-refractivity contribution in [2.24, 2.45) is 0 Å². The maximum absolute atomic E-state index is 4.29. The first-order chi connectivity index (χ1) is 8.29. The van der Waals surface area contributed by atoms with Gasteiger partial charge in [-0.1, -0.05) is 6.92 Å². The molecule has 0 bridgehead atoms. The van der Waals surface area contributed by atoms with Crippen LogP contribution < -0.4 is 5.32 Å². The van der Waals surface area contributed by atoms with Gasteiger partial charge in [0.25, 0.3) is 0 Å². The van der Waals surface area contributed by atoms with Gasteiger partial charge in [-0.05, 0) is 31.5 Å². The van der Waals surface area contributed by atoms with Crippen LogP contribution in [0.4, 0.5) is 5.69 Å². The molecule has 2 aromatic heterocycles. The van der Waals surface area contributed by atoms with Crippen molar-refractivity contribution >= 4 is 5.69 Å². The summed E-state index contributed by atoms with van der Waals surface area (Å²) in [5.74, 6) is 0. The Morgan fingerprint density at radius 3 is 2.88 bits per heavy atom. The summed E-state index contributed by atoms with van der Waals surface area (Å²) in [5.41, 5.74) is 3.28. The molecule has 1 N–H and O–H groups in total. The summed E-state index contributed by atoms with van der Waals surface area (Å²) in [4.78, 5) is 4.25. The highest BCUT2D eigenvalue weighted by Crippen LogP contribution is 2.08. The molecular weight excluding hydrogens is 212 g/mol. The highest BCUT2D eigenvalue weighted by Gasteiger charge is 2.01. The fourth-order valence-electron chi connectivity index (χ4n) is 1.69.